The molecular formula is C12H22N4O. The molecule has 1 aliphatic heterocycles. The largest absolute Gasteiger partial charge is 0.339 e. The number of nitrogens with zero attached hydrogens (tertiary/aromatic N) is 3. The molecule has 17 heavy (non-hydrogen) atoms. The molecule has 1 N–H and O–H groups in total. The van der Waals surface area contributed by atoms with Crippen molar-refractivity contribution in [3.05, 3.63) is 11.7 Å². The van der Waals surface area contributed by atoms with Crippen LogP contribution in [0.15, 0.2) is 4.52 Å². The number of nitrogens with one attached hydrogen (secondary N) is 1. The van der Waals surface area contributed by atoms with Crippen molar-refractivity contribution in [1.29, 1.82) is 0 Å². The van der Waals surface area contributed by atoms with Crippen molar-refractivity contribution < 1.29 is 4.52 Å². The fourth-order valence-corrected chi connectivity index (χ4v) is 2.33. The summed E-state index contributed by atoms with van der Waals surface area (Å²) in [4.78, 5) is 6.90. The van der Waals surface area contributed by atoms with Gasteiger partial charge in [-0.1, -0.05) is 12.1 Å². The lowest BCUT2D eigenvalue weighted by atomic mass is 10.1. The molecule has 0 radical (unpaired) electrons. The van der Waals surface area contributed by atoms with E-state index in [1.807, 2.05) is 7.05 Å². The SMILES string of the molecule is CCN1CCC(Cc2noc(CCNC)n2)C1. The van der Waals surface area contributed by atoms with Gasteiger partial charge in [0, 0.05) is 25.9 Å². The molecule has 1 aliphatic rings. The quantitative estimate of drug-likeness (QED) is 0.791. The Balaban J connectivity index is 1.80. The second-order valence-electron chi connectivity index (χ2n) is 4.71. The average molecular weight is 238 g/mol. The summed E-state index contributed by atoms with van der Waals surface area (Å²) in [5.41, 5.74) is 0. The van der Waals surface area contributed by atoms with Crippen molar-refractivity contribution >= 4 is 0 Å². The molecule has 5 heteroatoms. The van der Waals surface area contributed by atoms with Gasteiger partial charge < -0.3 is 14.7 Å². The maximum Gasteiger partial charge on any atom is 0.227 e. The summed E-state index contributed by atoms with van der Waals surface area (Å²) < 4.78 is 5.22. The van der Waals surface area contributed by atoms with Gasteiger partial charge in [0.05, 0.1) is 0 Å². The zero-order valence-electron chi connectivity index (χ0n) is 10.8. The third kappa shape index (κ3) is 3.51. The zero-order chi connectivity index (χ0) is 12.1. The fraction of sp³-hybridized carbons (Fsp3) is 0.833. The van der Waals surface area contributed by atoms with E-state index in [0.717, 1.165) is 37.6 Å². The summed E-state index contributed by atoms with van der Waals surface area (Å²) in [6.07, 6.45) is 3.03. The highest BCUT2D eigenvalue weighted by Gasteiger charge is 2.23. The molecule has 1 unspecified atom stereocenters. The van der Waals surface area contributed by atoms with E-state index in [1.54, 1.807) is 0 Å². The van der Waals surface area contributed by atoms with E-state index in [9.17, 15) is 0 Å². The normalized spacial score (nSPS) is 21.2. The van der Waals surface area contributed by atoms with Crippen LogP contribution in [0.25, 0.3) is 0 Å². The van der Waals surface area contributed by atoms with E-state index >= 15 is 0 Å². The van der Waals surface area contributed by atoms with Gasteiger partial charge in [0.15, 0.2) is 5.82 Å². The van der Waals surface area contributed by atoms with Crippen LogP contribution < -0.4 is 5.32 Å². The molecule has 1 aromatic heterocycles. The van der Waals surface area contributed by atoms with Gasteiger partial charge in [-0.25, -0.2) is 0 Å². The van der Waals surface area contributed by atoms with E-state index in [4.69, 9.17) is 4.52 Å². The standard InChI is InChI=1S/C12H22N4O/c1-3-16-7-5-10(9-16)8-11-14-12(17-15-11)4-6-13-2/h10,13H,3-9H2,1-2H3. The minimum absolute atomic E-state index is 0.699. The van der Waals surface area contributed by atoms with Gasteiger partial charge in [0.25, 0.3) is 0 Å². The summed E-state index contributed by atoms with van der Waals surface area (Å²) >= 11 is 0. The molecule has 0 aliphatic carbocycles. The second-order valence-corrected chi connectivity index (χ2v) is 4.71. The Morgan fingerprint density at radius 3 is 3.12 bits per heavy atom. The molecule has 1 aromatic rings. The molecule has 0 saturated carbocycles. The molecular weight excluding hydrogens is 216 g/mol. The highest BCUT2D eigenvalue weighted by atomic mass is 16.5. The van der Waals surface area contributed by atoms with Crippen molar-refractivity contribution in [1.82, 2.24) is 20.4 Å². The first-order valence-electron chi connectivity index (χ1n) is 6.50. The van der Waals surface area contributed by atoms with Crippen molar-refractivity contribution in [3.63, 3.8) is 0 Å². The van der Waals surface area contributed by atoms with Gasteiger partial charge in [-0.05, 0) is 32.5 Å². The number of likely N-dealkylation sites (N-methyl/N-ethyl adjacent to an activating group) is 1. The molecule has 5 nitrogen and oxygen atoms in total. The highest BCUT2D eigenvalue weighted by Crippen LogP contribution is 2.19. The first kappa shape index (κ1) is 12.5. The smallest absolute Gasteiger partial charge is 0.227 e. The lowest BCUT2D eigenvalue weighted by Gasteiger charge is -2.11. The van der Waals surface area contributed by atoms with Gasteiger partial charge in [-0.3, -0.25) is 0 Å². The van der Waals surface area contributed by atoms with E-state index in [0.29, 0.717) is 5.92 Å². The van der Waals surface area contributed by atoms with Crippen LogP contribution in [0, 0.1) is 5.92 Å². The Labute approximate surface area is 103 Å². The number of hydrogen-bond acceptors (Lipinski definition) is 5. The van der Waals surface area contributed by atoms with E-state index in [-0.39, 0.29) is 0 Å². The van der Waals surface area contributed by atoms with Crippen LogP contribution in [0.1, 0.15) is 25.1 Å². The average Bonchev–Trinajstić information content (AvgIpc) is 2.96. The van der Waals surface area contributed by atoms with Crippen molar-refractivity contribution in [2.75, 3.05) is 33.2 Å². The molecule has 1 atom stereocenters. The van der Waals surface area contributed by atoms with E-state index in [2.05, 4.69) is 27.3 Å². The minimum atomic E-state index is 0.699. The van der Waals surface area contributed by atoms with Gasteiger partial charge in [-0.15, -0.1) is 0 Å². The Bertz CT molecular complexity index is 339. The summed E-state index contributed by atoms with van der Waals surface area (Å²) in [6, 6.07) is 0. The number of rotatable bonds is 6. The predicted octanol–water partition coefficient (Wildman–Crippen LogP) is 0.716. The summed E-state index contributed by atoms with van der Waals surface area (Å²) in [5.74, 6) is 2.32. The maximum atomic E-state index is 5.22. The van der Waals surface area contributed by atoms with Gasteiger partial charge in [-0.2, -0.15) is 4.98 Å². The zero-order valence-corrected chi connectivity index (χ0v) is 10.8. The van der Waals surface area contributed by atoms with Crippen LogP contribution in [0.4, 0.5) is 0 Å². The van der Waals surface area contributed by atoms with E-state index in [1.165, 1.54) is 19.5 Å². The molecule has 96 valence electrons. The number of aromatic nitrogens is 2. The summed E-state index contributed by atoms with van der Waals surface area (Å²) in [6.45, 7) is 6.64. The van der Waals surface area contributed by atoms with E-state index < -0.39 is 0 Å². The second kappa shape index (κ2) is 6.12. The van der Waals surface area contributed by atoms with Crippen LogP contribution in [0.5, 0.6) is 0 Å². The van der Waals surface area contributed by atoms with Crippen molar-refractivity contribution in [2.45, 2.75) is 26.2 Å². The monoisotopic (exact) mass is 238 g/mol. The van der Waals surface area contributed by atoms with Gasteiger partial charge in [0.2, 0.25) is 5.89 Å². The molecule has 0 bridgehead atoms. The topological polar surface area (TPSA) is 54.2 Å². The van der Waals surface area contributed by atoms with Crippen LogP contribution in [0.3, 0.4) is 0 Å². The Morgan fingerprint density at radius 2 is 2.41 bits per heavy atom. The van der Waals surface area contributed by atoms with Gasteiger partial charge >= 0.3 is 0 Å². The highest BCUT2D eigenvalue weighted by molar-refractivity contribution is 4.91. The molecule has 0 spiro atoms. The third-order valence-corrected chi connectivity index (χ3v) is 3.39. The van der Waals surface area contributed by atoms with Crippen molar-refractivity contribution in [2.24, 2.45) is 5.92 Å². The Morgan fingerprint density at radius 1 is 1.53 bits per heavy atom. The van der Waals surface area contributed by atoms with Crippen LogP contribution in [0.2, 0.25) is 0 Å². The third-order valence-electron chi connectivity index (χ3n) is 3.39. The summed E-state index contributed by atoms with van der Waals surface area (Å²) in [5, 5.41) is 7.13. The molecule has 2 heterocycles. The van der Waals surface area contributed by atoms with Crippen molar-refractivity contribution in [3.8, 4) is 0 Å². The Hall–Kier alpha value is -0.940. The predicted molar refractivity (Wildman–Crippen MR) is 65.9 cm³/mol. The minimum Gasteiger partial charge on any atom is -0.339 e. The maximum absolute atomic E-state index is 5.22. The molecule has 0 amide bonds. The number of hydrogen-bond donors (Lipinski definition) is 1. The number of likely N-dealkylation sites (tertiary alicyclic amines) is 1. The molecule has 1 saturated heterocycles. The molecule has 0 aromatic carbocycles. The first-order chi connectivity index (χ1) is 8.31. The molecule has 2 rings (SSSR count). The molecule has 1 fully saturated rings. The summed E-state index contributed by atoms with van der Waals surface area (Å²) in [7, 11) is 1.93. The van der Waals surface area contributed by atoms with Gasteiger partial charge in [0.1, 0.15) is 0 Å². The lowest BCUT2D eigenvalue weighted by Crippen LogP contribution is -2.20. The fourth-order valence-electron chi connectivity index (χ4n) is 2.33. The van der Waals surface area contributed by atoms with Crippen LogP contribution in [-0.4, -0.2) is 48.3 Å². The lowest BCUT2D eigenvalue weighted by molar-refractivity contribution is 0.337. The van der Waals surface area contributed by atoms with Crippen LogP contribution in [-0.2, 0) is 12.8 Å². The first-order valence-corrected chi connectivity index (χ1v) is 6.50. The Kier molecular flexibility index (Phi) is 4.50. The van der Waals surface area contributed by atoms with Crippen LogP contribution >= 0.6 is 0 Å².